The summed E-state index contributed by atoms with van der Waals surface area (Å²) in [6.45, 7) is 4.44. The molecule has 0 radical (unpaired) electrons. The van der Waals surface area contributed by atoms with Crippen LogP contribution >= 0.6 is 11.3 Å². The summed E-state index contributed by atoms with van der Waals surface area (Å²) in [5.41, 5.74) is 5.10. The van der Waals surface area contributed by atoms with Crippen molar-refractivity contribution < 1.29 is 9.57 Å². The second-order valence-electron chi connectivity index (χ2n) is 8.04. The van der Waals surface area contributed by atoms with Crippen LogP contribution in [0.3, 0.4) is 0 Å². The predicted molar refractivity (Wildman–Crippen MR) is 127 cm³/mol. The molecule has 0 unspecified atom stereocenters. The predicted octanol–water partition coefficient (Wildman–Crippen LogP) is 1.88. The molecule has 1 aliphatic rings. The molecule has 0 atom stereocenters. The Bertz CT molecular complexity index is 1310. The van der Waals surface area contributed by atoms with Crippen LogP contribution in [0.15, 0.2) is 35.1 Å². The largest absolute Gasteiger partial charge is 0.378 e. The fourth-order valence-electron chi connectivity index (χ4n) is 3.90. The third kappa shape index (κ3) is 3.96. The number of fused-ring (bicyclic) bond motifs is 5. The van der Waals surface area contributed by atoms with Crippen LogP contribution in [0, 0.1) is 0 Å². The number of morpholine rings is 1. The number of nitrogens with zero attached hydrogens (tertiary/aromatic N) is 5. The minimum Gasteiger partial charge on any atom is -0.378 e. The van der Waals surface area contributed by atoms with E-state index in [0.717, 1.165) is 34.7 Å². The van der Waals surface area contributed by atoms with Gasteiger partial charge in [0.05, 0.1) is 41.0 Å². The van der Waals surface area contributed by atoms with Gasteiger partial charge in [0.15, 0.2) is 16.9 Å². The van der Waals surface area contributed by atoms with Gasteiger partial charge in [-0.3, -0.25) is 14.0 Å². The molecule has 0 spiro atoms. The summed E-state index contributed by atoms with van der Waals surface area (Å²) in [6, 6.07) is 9.95. The average molecular weight is 455 g/mol. The van der Waals surface area contributed by atoms with Crippen LogP contribution in [0.2, 0.25) is 0 Å². The lowest BCUT2D eigenvalue weighted by molar-refractivity contribution is 0.0254. The summed E-state index contributed by atoms with van der Waals surface area (Å²) in [5, 5.41) is 9.52. The number of hydroxylamine groups is 1. The molecule has 32 heavy (non-hydrogen) atoms. The molecule has 0 bridgehead atoms. The Morgan fingerprint density at radius 3 is 2.84 bits per heavy atom. The molecule has 1 aromatic carbocycles. The van der Waals surface area contributed by atoms with Crippen LogP contribution in [0.25, 0.3) is 26.1 Å². The van der Waals surface area contributed by atoms with E-state index < -0.39 is 0 Å². The molecule has 3 aromatic heterocycles. The van der Waals surface area contributed by atoms with Crippen LogP contribution in [-0.4, -0.2) is 73.0 Å². The summed E-state index contributed by atoms with van der Waals surface area (Å²) >= 11 is 1.57. The first-order chi connectivity index (χ1) is 15.6. The monoisotopic (exact) mass is 454 g/mol. The molecule has 1 saturated heterocycles. The number of anilines is 1. The van der Waals surface area contributed by atoms with Crippen LogP contribution in [-0.2, 0) is 16.2 Å². The first kappa shape index (κ1) is 21.2. The Morgan fingerprint density at radius 1 is 1.22 bits per heavy atom. The molecular formula is C22H26N6O3S. The van der Waals surface area contributed by atoms with Crippen molar-refractivity contribution in [3.05, 3.63) is 46.1 Å². The molecule has 9 nitrogen and oxygen atoms in total. The van der Waals surface area contributed by atoms with Gasteiger partial charge in [-0.05, 0) is 32.3 Å². The molecule has 4 heterocycles. The van der Waals surface area contributed by atoms with Crippen LogP contribution in [0.5, 0.6) is 0 Å². The summed E-state index contributed by atoms with van der Waals surface area (Å²) < 4.78 is 8.56. The highest BCUT2D eigenvalue weighted by Gasteiger charge is 2.20. The molecular weight excluding hydrogens is 428 g/mol. The van der Waals surface area contributed by atoms with E-state index in [4.69, 9.17) is 9.57 Å². The lowest BCUT2D eigenvalue weighted by Crippen LogP contribution is -2.37. The molecule has 4 aromatic rings. The van der Waals surface area contributed by atoms with E-state index in [2.05, 4.69) is 31.5 Å². The lowest BCUT2D eigenvalue weighted by Gasteiger charge is -2.27. The highest BCUT2D eigenvalue weighted by atomic mass is 32.1. The van der Waals surface area contributed by atoms with Crippen molar-refractivity contribution in [2.75, 3.05) is 58.4 Å². The highest BCUT2D eigenvalue weighted by molar-refractivity contribution is 7.24. The van der Waals surface area contributed by atoms with Crippen molar-refractivity contribution in [3.8, 4) is 0 Å². The van der Waals surface area contributed by atoms with E-state index in [1.54, 1.807) is 11.3 Å². The Balaban J connectivity index is 1.62. The smallest absolute Gasteiger partial charge is 0.198 e. The van der Waals surface area contributed by atoms with E-state index in [9.17, 15) is 4.79 Å². The number of para-hydroxylation sites is 1. The Labute approximate surface area is 189 Å². The lowest BCUT2D eigenvalue weighted by atomic mass is 10.2. The Hall–Kier alpha value is -2.63. The summed E-state index contributed by atoms with van der Waals surface area (Å²) in [4.78, 5) is 24.3. The fourth-order valence-corrected chi connectivity index (χ4v) is 5.07. The maximum Gasteiger partial charge on any atom is 0.198 e. The quantitative estimate of drug-likeness (QED) is 0.335. The maximum atomic E-state index is 13.6. The second-order valence-corrected chi connectivity index (χ2v) is 9.07. The number of hydrogen-bond donors (Lipinski definition) is 1. The van der Waals surface area contributed by atoms with Gasteiger partial charge in [0, 0.05) is 26.2 Å². The van der Waals surface area contributed by atoms with Gasteiger partial charge in [0.1, 0.15) is 4.83 Å². The van der Waals surface area contributed by atoms with E-state index in [-0.39, 0.29) is 12.0 Å². The third-order valence-corrected chi connectivity index (χ3v) is 6.77. The number of benzene rings is 1. The van der Waals surface area contributed by atoms with E-state index >= 15 is 0 Å². The van der Waals surface area contributed by atoms with Gasteiger partial charge >= 0.3 is 0 Å². The minimum absolute atomic E-state index is 0.0645. The van der Waals surface area contributed by atoms with Gasteiger partial charge in [-0.2, -0.15) is 0 Å². The van der Waals surface area contributed by atoms with Gasteiger partial charge in [-0.25, -0.2) is 5.48 Å². The van der Waals surface area contributed by atoms with Crippen LogP contribution in [0.1, 0.15) is 5.56 Å². The van der Waals surface area contributed by atoms with Gasteiger partial charge in [0.2, 0.25) is 0 Å². The normalized spacial score (nSPS) is 14.9. The van der Waals surface area contributed by atoms with E-state index in [1.165, 1.54) is 0 Å². The zero-order valence-electron chi connectivity index (χ0n) is 18.2. The highest BCUT2D eigenvalue weighted by Crippen LogP contribution is 2.31. The first-order valence-corrected chi connectivity index (χ1v) is 11.5. The standard InChI is InChI=1S/C22H26N6O3S/c1-26(2)8-7-23-31-14-16-20(29)15-13-19(27-9-11-30-12-10-27)24-25-21(15)28-17-5-3-4-6-18(17)32-22(16)28/h3-6,13,23H,7-12,14H2,1-2H3. The minimum atomic E-state index is -0.0645. The zero-order valence-corrected chi connectivity index (χ0v) is 19.0. The number of pyridine rings is 1. The second kappa shape index (κ2) is 9.08. The molecule has 0 amide bonds. The molecule has 10 heteroatoms. The third-order valence-electron chi connectivity index (χ3n) is 5.58. The summed E-state index contributed by atoms with van der Waals surface area (Å²) in [7, 11) is 4.01. The van der Waals surface area contributed by atoms with Crippen molar-refractivity contribution in [2.45, 2.75) is 6.61 Å². The number of nitrogens with one attached hydrogen (secondary N) is 1. The number of aromatic nitrogens is 3. The number of ether oxygens (including phenoxy) is 1. The molecule has 5 rings (SSSR count). The first-order valence-electron chi connectivity index (χ1n) is 10.7. The molecule has 1 fully saturated rings. The molecule has 1 aliphatic heterocycles. The number of likely N-dealkylation sites (N-methyl/N-ethyl adjacent to an activating group) is 1. The average Bonchev–Trinajstić information content (AvgIpc) is 3.20. The van der Waals surface area contributed by atoms with E-state index in [0.29, 0.717) is 42.2 Å². The van der Waals surface area contributed by atoms with Gasteiger partial charge in [-0.1, -0.05) is 12.1 Å². The van der Waals surface area contributed by atoms with Gasteiger partial charge in [0.25, 0.3) is 0 Å². The van der Waals surface area contributed by atoms with E-state index in [1.807, 2.05) is 42.8 Å². The van der Waals surface area contributed by atoms with Crippen molar-refractivity contribution in [1.29, 1.82) is 0 Å². The summed E-state index contributed by atoms with van der Waals surface area (Å²) in [6.07, 6.45) is 0. The van der Waals surface area contributed by atoms with Gasteiger partial charge in [-0.15, -0.1) is 21.5 Å². The van der Waals surface area contributed by atoms with Crippen LogP contribution < -0.4 is 15.8 Å². The molecule has 0 aliphatic carbocycles. The van der Waals surface area contributed by atoms with Crippen LogP contribution in [0.4, 0.5) is 5.82 Å². The number of hydrogen-bond acceptors (Lipinski definition) is 9. The zero-order chi connectivity index (χ0) is 22.1. The van der Waals surface area contributed by atoms with Crippen molar-refractivity contribution >= 4 is 43.2 Å². The molecule has 1 N–H and O–H groups in total. The fraction of sp³-hybridized carbons (Fsp3) is 0.409. The van der Waals surface area contributed by atoms with Crippen molar-refractivity contribution in [2.24, 2.45) is 0 Å². The Kier molecular flexibility index (Phi) is 6.03. The van der Waals surface area contributed by atoms with Crippen molar-refractivity contribution in [3.63, 3.8) is 0 Å². The SMILES string of the molecule is CN(C)CCNOCc1c(=O)c2cc(N3CCOCC3)nnc2n2c1sc1ccccc12. The maximum absolute atomic E-state index is 13.6. The molecule has 0 saturated carbocycles. The van der Waals surface area contributed by atoms with Crippen molar-refractivity contribution in [1.82, 2.24) is 25.0 Å². The summed E-state index contributed by atoms with van der Waals surface area (Å²) in [5.74, 6) is 0.702. The number of thiazole rings is 1. The number of rotatable bonds is 7. The van der Waals surface area contributed by atoms with Gasteiger partial charge < -0.3 is 14.5 Å². The molecule has 168 valence electrons. The topological polar surface area (TPSA) is 84.2 Å². The Morgan fingerprint density at radius 2 is 2.03 bits per heavy atom.